The number of anilines is 1. The molecule has 2 aromatic heterocycles. The number of alkyl halides is 3. The van der Waals surface area contributed by atoms with Crippen LogP contribution in [0.15, 0.2) is 35.4 Å². The maximum atomic E-state index is 12.6. The second-order valence-corrected chi connectivity index (χ2v) is 9.96. The molecule has 7 N–H and O–H groups in total. The van der Waals surface area contributed by atoms with E-state index in [-0.39, 0.29) is 17.1 Å². The summed E-state index contributed by atoms with van der Waals surface area (Å²) in [5, 5.41) is 28.5. The van der Waals surface area contributed by atoms with Crippen molar-refractivity contribution in [3.05, 3.63) is 51.5 Å². The molecule has 0 radical (unpaired) electrons. The number of fused-ring (bicyclic) bond motifs is 1. The molecule has 0 bridgehead atoms. The number of aryl methyl sites for hydroxylation is 2. The predicted octanol–water partition coefficient (Wildman–Crippen LogP) is -0.780. The van der Waals surface area contributed by atoms with Crippen molar-refractivity contribution < 1.29 is 61.5 Å². The van der Waals surface area contributed by atoms with Crippen molar-refractivity contribution >= 4 is 42.5 Å². The lowest BCUT2D eigenvalue weighted by atomic mass is 10.1. The largest absolute Gasteiger partial charge is 0.756 e. The first-order valence-corrected chi connectivity index (χ1v) is 12.9. The number of aromatic amines is 1. The van der Waals surface area contributed by atoms with E-state index >= 15 is 0 Å². The Morgan fingerprint density at radius 1 is 1.30 bits per heavy atom. The number of phosphoric ester groups is 1. The van der Waals surface area contributed by atoms with Crippen molar-refractivity contribution in [3.63, 3.8) is 0 Å². The third kappa shape index (κ3) is 7.76. The highest BCUT2D eigenvalue weighted by molar-refractivity contribution is 7.44. The number of nitrogens with two attached hydrogens (primary N) is 1. The Kier molecular flexibility index (Phi) is 9.58. The number of aliphatic hydroxyl groups excluding tert-OH is 2. The fourth-order valence-corrected chi connectivity index (χ4v) is 4.16. The molecule has 4 rings (SSSR count). The highest BCUT2D eigenvalue weighted by Crippen LogP contribution is 2.34. The molecule has 220 valence electrons. The lowest BCUT2D eigenvalue weighted by Gasteiger charge is -2.19. The highest BCUT2D eigenvalue weighted by atomic mass is 35.5. The van der Waals surface area contributed by atoms with Gasteiger partial charge in [-0.2, -0.15) is 13.2 Å². The summed E-state index contributed by atoms with van der Waals surface area (Å²) in [4.78, 5) is 47.8. The number of halogens is 4. The van der Waals surface area contributed by atoms with Gasteiger partial charge < -0.3 is 40.1 Å². The molecular weight excluding hydrogens is 594 g/mol. The van der Waals surface area contributed by atoms with E-state index in [1.807, 2.05) is 12.1 Å². The van der Waals surface area contributed by atoms with Gasteiger partial charge in [0.15, 0.2) is 6.33 Å². The molecule has 1 fully saturated rings. The van der Waals surface area contributed by atoms with E-state index in [1.54, 1.807) is 16.7 Å². The number of aliphatic carboxylic acids is 1. The number of imidazole rings is 1. The fraction of sp³-hybridized carbons (Fsp3) is 0.400. The zero-order chi connectivity index (χ0) is 30.0. The first-order chi connectivity index (χ1) is 18.5. The van der Waals surface area contributed by atoms with Crippen molar-refractivity contribution in [2.45, 2.75) is 43.7 Å². The van der Waals surface area contributed by atoms with Crippen LogP contribution in [-0.2, 0) is 31.6 Å². The minimum atomic E-state index is -5.08. The van der Waals surface area contributed by atoms with Crippen LogP contribution in [0.5, 0.6) is 0 Å². The number of H-pyrrole nitrogens is 1. The number of carboxylic acids is 1. The maximum absolute atomic E-state index is 12.6. The van der Waals surface area contributed by atoms with Gasteiger partial charge in [0.2, 0.25) is 11.7 Å². The van der Waals surface area contributed by atoms with Gasteiger partial charge in [0.1, 0.15) is 18.3 Å². The number of ether oxygens (including phenoxy) is 1. The van der Waals surface area contributed by atoms with Gasteiger partial charge in [-0.25, -0.2) is 9.36 Å². The van der Waals surface area contributed by atoms with Crippen LogP contribution in [0.2, 0.25) is 5.02 Å². The fourth-order valence-electron chi connectivity index (χ4n) is 3.69. The third-order valence-corrected chi connectivity index (χ3v) is 6.23. The lowest BCUT2D eigenvalue weighted by Crippen LogP contribution is -2.46. The van der Waals surface area contributed by atoms with E-state index in [0.29, 0.717) is 18.0 Å². The van der Waals surface area contributed by atoms with Gasteiger partial charge >= 0.3 is 17.8 Å². The van der Waals surface area contributed by atoms with Crippen LogP contribution in [0.1, 0.15) is 11.8 Å². The predicted molar refractivity (Wildman–Crippen MR) is 126 cm³/mol. The maximum Gasteiger partial charge on any atom is 0.490 e. The Bertz CT molecular complexity index is 1460. The Morgan fingerprint density at radius 3 is 2.45 bits per heavy atom. The summed E-state index contributed by atoms with van der Waals surface area (Å²) in [6, 6.07) is 7.20. The molecule has 0 aliphatic carbocycles. The average molecular weight is 616 g/mol. The standard InChI is InChI=1S/C18H21ClN5O8P.C2HF3O2/c19-10-3-1-9(2-4-10)5-6-23-8-24(15-12(23)16(27)22-18(20)21-15)17-14(26)13(25)11(32-17)7-31-33(28,29)30;3-2(4,5)1(6)7/h1-4,8,11,13-14,17,25-26H,5-7H2,(H4-,20,21,22,27,28,29,30);(H,6,7)/t11-,13-,14-,17-;/m1./s1. The summed E-state index contributed by atoms with van der Waals surface area (Å²) in [5.41, 5.74) is 6.38. The molecule has 0 amide bonds. The molecule has 3 heterocycles. The smallest absolute Gasteiger partial charge is 0.490 e. The Balaban J connectivity index is 0.000000559. The van der Waals surface area contributed by atoms with Gasteiger partial charge in [-0.05, 0) is 17.7 Å². The van der Waals surface area contributed by atoms with Crippen LogP contribution < -0.4 is 20.8 Å². The molecule has 0 saturated carbocycles. The molecular formula is C20H22ClF3N5O10P. The van der Waals surface area contributed by atoms with Crippen molar-refractivity contribution in [2.75, 3.05) is 12.3 Å². The molecule has 0 spiro atoms. The number of aromatic nitrogens is 4. The van der Waals surface area contributed by atoms with E-state index in [1.165, 1.54) is 10.9 Å². The number of rotatable bonds is 7. The van der Waals surface area contributed by atoms with Gasteiger partial charge in [-0.15, -0.1) is 0 Å². The number of nitrogens with zero attached hydrogens (tertiary/aromatic N) is 3. The summed E-state index contributed by atoms with van der Waals surface area (Å²) < 4.78 is 55.4. The van der Waals surface area contributed by atoms with Gasteiger partial charge in [-0.3, -0.25) is 18.9 Å². The molecule has 1 unspecified atom stereocenters. The molecule has 15 nitrogen and oxygen atoms in total. The van der Waals surface area contributed by atoms with Crippen molar-refractivity contribution in [3.8, 4) is 0 Å². The van der Waals surface area contributed by atoms with Crippen molar-refractivity contribution in [2.24, 2.45) is 0 Å². The quantitative estimate of drug-likeness (QED) is 0.142. The molecule has 1 aliphatic heterocycles. The number of hydrogen-bond acceptors (Lipinski definition) is 10. The summed E-state index contributed by atoms with van der Waals surface area (Å²) in [5.74, 6) is -2.93. The molecule has 20 heteroatoms. The number of benzene rings is 1. The minimum absolute atomic E-state index is 0.0850. The van der Waals surface area contributed by atoms with Crippen LogP contribution in [0.3, 0.4) is 0 Å². The van der Waals surface area contributed by atoms with E-state index in [0.717, 1.165) is 5.56 Å². The minimum Gasteiger partial charge on any atom is -0.756 e. The van der Waals surface area contributed by atoms with Gasteiger partial charge in [0, 0.05) is 11.4 Å². The second-order valence-electron chi connectivity index (χ2n) is 8.33. The summed E-state index contributed by atoms with van der Waals surface area (Å²) in [6.07, 6.45) is -8.65. The molecule has 3 aromatic rings. The van der Waals surface area contributed by atoms with Gasteiger partial charge in [0.05, 0.1) is 13.2 Å². The summed E-state index contributed by atoms with van der Waals surface area (Å²) in [6.45, 7) is -0.375. The molecule has 1 aliphatic rings. The molecule has 5 atom stereocenters. The number of phosphoric acid groups is 1. The molecule has 40 heavy (non-hydrogen) atoms. The second kappa shape index (κ2) is 12.2. The molecule has 1 aromatic carbocycles. The number of aliphatic hydroxyl groups is 2. The first kappa shape index (κ1) is 31.4. The van der Waals surface area contributed by atoms with Crippen LogP contribution in [-0.4, -0.2) is 71.8 Å². The third-order valence-electron chi connectivity index (χ3n) is 5.50. The van der Waals surface area contributed by atoms with Crippen molar-refractivity contribution in [1.29, 1.82) is 0 Å². The summed E-state index contributed by atoms with van der Waals surface area (Å²) in [7, 11) is -5.06. The van der Waals surface area contributed by atoms with E-state index in [4.69, 9.17) is 36.9 Å². The Morgan fingerprint density at radius 2 is 1.90 bits per heavy atom. The number of hydrogen-bond donors (Lipinski definition) is 6. The van der Waals surface area contributed by atoms with Gasteiger partial charge in [0.25, 0.3) is 19.3 Å². The molecule has 1 saturated heterocycles. The number of carboxylic acid groups (broad SMARTS) is 1. The van der Waals surface area contributed by atoms with E-state index in [9.17, 15) is 37.6 Å². The zero-order valence-corrected chi connectivity index (χ0v) is 21.6. The normalized spacial score (nSPS) is 22.5. The monoisotopic (exact) mass is 615 g/mol. The van der Waals surface area contributed by atoms with E-state index in [2.05, 4.69) is 14.5 Å². The number of carbonyl (C=O) groups is 1. The Hall–Kier alpha value is -3.09. The SMILES string of the molecule is Nc1nc2c(c(=O)[nH]1)n(CCc1ccc(Cl)cc1)c[n+]2[C@@H]1O[C@H](COP(=O)([O-])O)[C@@H](O)[C@H]1O.O=C(O)C(F)(F)F. The Labute approximate surface area is 226 Å². The van der Waals surface area contributed by atoms with Crippen LogP contribution in [0.25, 0.3) is 11.2 Å². The first-order valence-electron chi connectivity index (χ1n) is 11.0. The number of nitrogen functional groups attached to an aromatic ring is 1. The van der Waals surface area contributed by atoms with Crippen LogP contribution in [0, 0.1) is 0 Å². The highest BCUT2D eigenvalue weighted by Gasteiger charge is 2.47. The van der Waals surface area contributed by atoms with Crippen LogP contribution in [0.4, 0.5) is 19.1 Å². The average Bonchev–Trinajstić information content (AvgIpc) is 3.33. The number of nitrogens with one attached hydrogen (secondary N) is 1. The lowest BCUT2D eigenvalue weighted by molar-refractivity contribution is -0.746. The van der Waals surface area contributed by atoms with Crippen molar-refractivity contribution in [1.82, 2.24) is 14.5 Å². The summed E-state index contributed by atoms with van der Waals surface area (Å²) >= 11 is 5.92. The van der Waals surface area contributed by atoms with Crippen LogP contribution >= 0.6 is 19.4 Å². The zero-order valence-electron chi connectivity index (χ0n) is 19.9. The topological polar surface area (TPSA) is 237 Å². The van der Waals surface area contributed by atoms with E-state index < -0.39 is 56.7 Å². The van der Waals surface area contributed by atoms with Gasteiger partial charge in [-0.1, -0.05) is 28.7 Å².